The fraction of sp³-hybridized carbons (Fsp3) is 0.0625. The Kier molecular flexibility index (Phi) is 6.53. The van der Waals surface area contributed by atoms with E-state index in [4.69, 9.17) is 5.14 Å². The number of thiazole rings is 1. The lowest BCUT2D eigenvalue weighted by Gasteiger charge is -2.05. The van der Waals surface area contributed by atoms with Gasteiger partial charge in [-0.1, -0.05) is 0 Å². The summed E-state index contributed by atoms with van der Waals surface area (Å²) in [5.41, 5.74) is 1.26. The topological polar surface area (TPSA) is 147 Å². The Balaban J connectivity index is 1.58. The summed E-state index contributed by atoms with van der Waals surface area (Å²) in [5, 5.41) is 12.4. The van der Waals surface area contributed by atoms with E-state index < -0.39 is 10.0 Å². The van der Waals surface area contributed by atoms with Gasteiger partial charge in [-0.15, -0.1) is 11.3 Å². The molecule has 152 valence electrons. The maximum Gasteiger partial charge on any atom is 0.273 e. The summed E-state index contributed by atoms with van der Waals surface area (Å²) in [6.07, 6.45) is -0.0110. The average molecular weight is 563 g/mol. The third kappa shape index (κ3) is 5.73. The molecule has 0 atom stereocenters. The molecule has 0 bridgehead atoms. The van der Waals surface area contributed by atoms with Crippen LogP contribution >= 0.6 is 43.2 Å². The van der Waals surface area contributed by atoms with Crippen molar-refractivity contribution in [3.05, 3.63) is 56.2 Å². The number of H-pyrrole nitrogens is 1. The monoisotopic (exact) mass is 561 g/mol. The molecule has 0 aliphatic heterocycles. The highest BCUT2D eigenvalue weighted by Crippen LogP contribution is 2.24. The molecular formula is C16H13Br2N5O4S2. The number of nitrogens with zero attached hydrogens (tertiary/aromatic N) is 1. The van der Waals surface area contributed by atoms with Crippen LogP contribution in [0.3, 0.4) is 0 Å². The number of aromatic nitrogens is 2. The van der Waals surface area contributed by atoms with E-state index in [1.165, 1.54) is 35.6 Å². The third-order valence-corrected chi connectivity index (χ3v) is 7.07. The molecule has 9 nitrogen and oxygen atoms in total. The largest absolute Gasteiger partial charge is 0.344 e. The first-order valence-corrected chi connectivity index (χ1v) is 11.9. The van der Waals surface area contributed by atoms with Crippen molar-refractivity contribution < 1.29 is 18.0 Å². The molecule has 0 saturated heterocycles. The second kappa shape index (κ2) is 8.75. The molecule has 5 N–H and O–H groups in total. The van der Waals surface area contributed by atoms with Crippen molar-refractivity contribution in [1.82, 2.24) is 9.97 Å². The lowest BCUT2D eigenvalue weighted by Crippen LogP contribution is -2.16. The number of halogens is 2. The van der Waals surface area contributed by atoms with E-state index in [9.17, 15) is 18.0 Å². The molecule has 0 radical (unpaired) electrons. The highest BCUT2D eigenvalue weighted by atomic mass is 79.9. The first-order valence-electron chi connectivity index (χ1n) is 7.84. The number of nitrogens with two attached hydrogens (primary N) is 1. The second-order valence-corrected chi connectivity index (χ2v) is 9.80. The molecule has 3 aromatic rings. The zero-order chi connectivity index (χ0) is 21.2. The molecule has 0 spiro atoms. The van der Waals surface area contributed by atoms with Crippen LogP contribution in [0.15, 0.2) is 49.7 Å². The Morgan fingerprint density at radius 2 is 1.86 bits per heavy atom. The van der Waals surface area contributed by atoms with E-state index in [1.807, 2.05) is 0 Å². The smallest absolute Gasteiger partial charge is 0.273 e. The maximum atomic E-state index is 12.2. The van der Waals surface area contributed by atoms with Gasteiger partial charge in [-0.3, -0.25) is 14.9 Å². The van der Waals surface area contributed by atoms with E-state index >= 15 is 0 Å². The number of carbonyl (C=O) groups excluding carboxylic acids is 2. The SMILES string of the molecule is NS(=O)(=O)c1ccc(NC(=O)Cc2csc(NC(=O)c3cc(Br)c(Br)[nH]3)n2)cc1. The summed E-state index contributed by atoms with van der Waals surface area (Å²) in [4.78, 5) is 31.4. The Labute approximate surface area is 186 Å². The highest BCUT2D eigenvalue weighted by Gasteiger charge is 2.14. The van der Waals surface area contributed by atoms with Crippen LogP contribution < -0.4 is 15.8 Å². The van der Waals surface area contributed by atoms with Crippen LogP contribution in [0.1, 0.15) is 16.2 Å². The quantitative estimate of drug-likeness (QED) is 0.364. The molecular weight excluding hydrogens is 550 g/mol. The normalized spacial score (nSPS) is 11.3. The number of nitrogens with one attached hydrogen (secondary N) is 3. The summed E-state index contributed by atoms with van der Waals surface area (Å²) in [6.45, 7) is 0. The average Bonchev–Trinajstić information content (AvgIpc) is 3.21. The van der Waals surface area contributed by atoms with Crippen molar-refractivity contribution in [3.63, 3.8) is 0 Å². The Morgan fingerprint density at radius 3 is 2.45 bits per heavy atom. The second-order valence-electron chi connectivity index (χ2n) is 5.74. The van der Waals surface area contributed by atoms with Crippen molar-refractivity contribution in [2.24, 2.45) is 5.14 Å². The predicted octanol–water partition coefficient (Wildman–Crippen LogP) is 3.08. The number of hydrogen-bond donors (Lipinski definition) is 4. The molecule has 13 heteroatoms. The fourth-order valence-corrected chi connectivity index (χ4v) is 4.11. The Morgan fingerprint density at radius 1 is 1.17 bits per heavy atom. The molecule has 0 saturated carbocycles. The van der Waals surface area contributed by atoms with Crippen LogP contribution in [0, 0.1) is 0 Å². The number of benzene rings is 1. The number of hydrogen-bond acceptors (Lipinski definition) is 6. The standard InChI is InChI=1S/C16H13Br2N5O4S2/c17-11-6-12(22-14(11)18)15(25)23-16-21-9(7-28-16)5-13(24)20-8-1-3-10(4-2-8)29(19,26)27/h1-4,6-7,22H,5H2,(H,20,24)(H2,19,26,27)(H,21,23,25). The summed E-state index contributed by atoms with van der Waals surface area (Å²) in [7, 11) is -3.79. The van der Waals surface area contributed by atoms with Gasteiger partial charge < -0.3 is 10.3 Å². The zero-order valence-electron chi connectivity index (χ0n) is 14.4. The van der Waals surface area contributed by atoms with Gasteiger partial charge in [0.25, 0.3) is 5.91 Å². The van der Waals surface area contributed by atoms with E-state index in [-0.39, 0.29) is 23.1 Å². The molecule has 29 heavy (non-hydrogen) atoms. The number of amides is 2. The van der Waals surface area contributed by atoms with E-state index in [2.05, 4.69) is 52.5 Å². The minimum Gasteiger partial charge on any atom is -0.344 e. The van der Waals surface area contributed by atoms with Gasteiger partial charge >= 0.3 is 0 Å². The molecule has 2 heterocycles. The zero-order valence-corrected chi connectivity index (χ0v) is 19.2. The van der Waals surface area contributed by atoms with Gasteiger partial charge in [0.1, 0.15) is 5.69 Å². The number of sulfonamides is 1. The summed E-state index contributed by atoms with van der Waals surface area (Å²) < 4.78 is 23.9. The minimum absolute atomic E-state index is 0.0110. The summed E-state index contributed by atoms with van der Waals surface area (Å²) >= 11 is 7.75. The summed E-state index contributed by atoms with van der Waals surface area (Å²) in [6, 6.07) is 7.12. The van der Waals surface area contributed by atoms with Crippen molar-refractivity contribution >= 4 is 75.9 Å². The van der Waals surface area contributed by atoms with Crippen LogP contribution in [-0.4, -0.2) is 30.2 Å². The van der Waals surface area contributed by atoms with Gasteiger partial charge in [0, 0.05) is 11.1 Å². The van der Waals surface area contributed by atoms with Crippen LogP contribution in [0.25, 0.3) is 0 Å². The van der Waals surface area contributed by atoms with E-state index in [0.29, 0.717) is 26.8 Å². The van der Waals surface area contributed by atoms with Gasteiger partial charge in [0.2, 0.25) is 15.9 Å². The fourth-order valence-electron chi connectivity index (χ4n) is 2.23. The Bertz CT molecular complexity index is 1150. The molecule has 0 aliphatic rings. The van der Waals surface area contributed by atoms with E-state index in [0.717, 1.165) is 4.47 Å². The maximum absolute atomic E-state index is 12.2. The lowest BCUT2D eigenvalue weighted by atomic mass is 10.3. The third-order valence-electron chi connectivity index (χ3n) is 3.55. The molecule has 0 fully saturated rings. The molecule has 2 aromatic heterocycles. The van der Waals surface area contributed by atoms with E-state index in [1.54, 1.807) is 11.4 Å². The summed E-state index contributed by atoms with van der Waals surface area (Å²) in [5.74, 6) is -0.703. The molecule has 0 aliphatic carbocycles. The predicted molar refractivity (Wildman–Crippen MR) is 116 cm³/mol. The molecule has 2 amide bonds. The van der Waals surface area contributed by atoms with Crippen LogP contribution in [0.2, 0.25) is 0 Å². The molecule has 1 aromatic carbocycles. The van der Waals surface area contributed by atoms with Gasteiger partial charge in [-0.05, 0) is 62.2 Å². The lowest BCUT2D eigenvalue weighted by molar-refractivity contribution is -0.115. The number of aromatic amines is 1. The van der Waals surface area contributed by atoms with Gasteiger partial charge in [0.15, 0.2) is 5.13 Å². The Hall–Kier alpha value is -2.06. The van der Waals surface area contributed by atoms with Crippen molar-refractivity contribution in [2.45, 2.75) is 11.3 Å². The van der Waals surface area contributed by atoms with Gasteiger partial charge in [-0.2, -0.15) is 0 Å². The number of anilines is 2. The first-order chi connectivity index (χ1) is 13.6. The van der Waals surface area contributed by atoms with Crippen LogP contribution in [0.4, 0.5) is 10.8 Å². The van der Waals surface area contributed by atoms with Gasteiger partial charge in [-0.25, -0.2) is 18.5 Å². The highest BCUT2D eigenvalue weighted by molar-refractivity contribution is 9.13. The number of rotatable bonds is 6. The van der Waals surface area contributed by atoms with Crippen molar-refractivity contribution in [2.75, 3.05) is 10.6 Å². The van der Waals surface area contributed by atoms with Crippen LogP contribution in [-0.2, 0) is 21.2 Å². The molecule has 0 unspecified atom stereocenters. The minimum atomic E-state index is -3.79. The number of carbonyl (C=O) groups is 2. The van der Waals surface area contributed by atoms with Crippen molar-refractivity contribution in [3.8, 4) is 0 Å². The van der Waals surface area contributed by atoms with Crippen LogP contribution in [0.5, 0.6) is 0 Å². The number of primary sulfonamides is 1. The van der Waals surface area contributed by atoms with Gasteiger partial charge in [0.05, 0.1) is 26.1 Å². The first kappa shape index (κ1) is 21.6. The van der Waals surface area contributed by atoms with Crippen molar-refractivity contribution in [1.29, 1.82) is 0 Å². The molecule has 3 rings (SSSR count).